The molecule has 0 bridgehead atoms. The van der Waals surface area contributed by atoms with Gasteiger partial charge < -0.3 is 9.64 Å². The number of hydrogen-bond acceptors (Lipinski definition) is 4. The number of ketones is 1. The van der Waals surface area contributed by atoms with Crippen molar-refractivity contribution in [1.29, 1.82) is 0 Å². The Bertz CT molecular complexity index is 651. The second-order valence-electron chi connectivity index (χ2n) is 8.20. The van der Waals surface area contributed by atoms with Crippen molar-refractivity contribution in [1.82, 2.24) is 4.90 Å². The average molecular weight is 390 g/mol. The molecule has 1 amide bonds. The summed E-state index contributed by atoms with van der Waals surface area (Å²) in [6, 6.07) is 10.1. The summed E-state index contributed by atoms with van der Waals surface area (Å²) in [5, 5.41) is 0.449. The Morgan fingerprint density at radius 2 is 1.85 bits per heavy atom. The van der Waals surface area contributed by atoms with Crippen LogP contribution in [0.4, 0.5) is 0 Å². The molecule has 0 saturated carbocycles. The number of rotatable bonds is 7. The van der Waals surface area contributed by atoms with Gasteiger partial charge in [0, 0.05) is 12.0 Å². The van der Waals surface area contributed by atoms with Crippen LogP contribution in [0.3, 0.4) is 0 Å². The van der Waals surface area contributed by atoms with Gasteiger partial charge in [-0.2, -0.15) is 0 Å². The van der Waals surface area contributed by atoms with Gasteiger partial charge >= 0.3 is 0 Å². The fourth-order valence-electron chi connectivity index (χ4n) is 3.22. The first kappa shape index (κ1) is 21.5. The van der Waals surface area contributed by atoms with E-state index in [1.807, 2.05) is 6.07 Å². The number of nitrogens with zero attached hydrogens (tertiary/aromatic N) is 1. The number of ether oxygens (including phenoxy) is 1. The minimum Gasteiger partial charge on any atom is -0.485 e. The number of piperidine rings is 1. The third-order valence-electron chi connectivity index (χ3n) is 4.86. The maximum absolute atomic E-state index is 12.7. The van der Waals surface area contributed by atoms with Crippen molar-refractivity contribution in [3.8, 4) is 0 Å². The molecule has 0 N–H and O–H groups in total. The van der Waals surface area contributed by atoms with E-state index in [0.717, 1.165) is 38.5 Å². The van der Waals surface area contributed by atoms with Crippen LogP contribution in [-0.4, -0.2) is 40.8 Å². The van der Waals surface area contributed by atoms with E-state index in [9.17, 15) is 9.59 Å². The van der Waals surface area contributed by atoms with Crippen LogP contribution in [0.1, 0.15) is 58.4 Å². The Labute approximate surface area is 168 Å². The summed E-state index contributed by atoms with van der Waals surface area (Å²) in [7, 11) is 0. The molecule has 1 heterocycles. The van der Waals surface area contributed by atoms with E-state index in [1.54, 1.807) is 25.7 Å². The Morgan fingerprint density at radius 1 is 1.15 bits per heavy atom. The number of thiocarbonyl (C=S) groups is 1. The first-order valence-corrected chi connectivity index (χ1v) is 10.3. The standard InChI is InChI=1S/C22H31NO3S/c1-22(2,3)19(24)20(25)23-15-9-7-14-18(23)21(27)26-16-10-8-13-17-11-5-4-6-12-17/h4-6,11-12,18H,7-10,13-16H2,1-3H3. The van der Waals surface area contributed by atoms with E-state index in [4.69, 9.17) is 17.0 Å². The minimum absolute atomic E-state index is 0.262. The van der Waals surface area contributed by atoms with Crippen molar-refractivity contribution in [2.75, 3.05) is 13.2 Å². The van der Waals surface area contributed by atoms with Crippen LogP contribution in [0.5, 0.6) is 0 Å². The van der Waals surface area contributed by atoms with Gasteiger partial charge in [-0.25, -0.2) is 0 Å². The predicted molar refractivity (Wildman–Crippen MR) is 112 cm³/mol. The fraction of sp³-hybridized carbons (Fsp3) is 0.591. The van der Waals surface area contributed by atoms with Gasteiger partial charge in [0.1, 0.15) is 6.04 Å². The lowest BCUT2D eigenvalue weighted by atomic mass is 9.89. The van der Waals surface area contributed by atoms with Crippen molar-refractivity contribution in [3.63, 3.8) is 0 Å². The molecule has 1 atom stereocenters. The van der Waals surface area contributed by atoms with Gasteiger partial charge in [-0.05, 0) is 56.3 Å². The largest absolute Gasteiger partial charge is 0.485 e. The van der Waals surface area contributed by atoms with Gasteiger partial charge in [-0.15, -0.1) is 0 Å². The van der Waals surface area contributed by atoms with Crippen LogP contribution < -0.4 is 0 Å². The molecule has 1 unspecified atom stereocenters. The van der Waals surface area contributed by atoms with Gasteiger partial charge in [0.25, 0.3) is 5.91 Å². The maximum atomic E-state index is 12.7. The van der Waals surface area contributed by atoms with E-state index >= 15 is 0 Å². The zero-order valence-corrected chi connectivity index (χ0v) is 17.5. The smallest absolute Gasteiger partial charge is 0.291 e. The Morgan fingerprint density at radius 3 is 2.52 bits per heavy atom. The van der Waals surface area contributed by atoms with Crippen molar-refractivity contribution in [2.45, 2.75) is 65.3 Å². The number of aryl methyl sites for hydroxylation is 1. The summed E-state index contributed by atoms with van der Waals surface area (Å²) in [5.41, 5.74) is 0.642. The number of benzene rings is 1. The number of Topliss-reactive ketones (excluding diaryl/α,β-unsaturated/α-hetero) is 1. The lowest BCUT2D eigenvalue weighted by Gasteiger charge is -2.36. The average Bonchev–Trinajstić information content (AvgIpc) is 2.66. The van der Waals surface area contributed by atoms with Gasteiger partial charge in [0.2, 0.25) is 5.78 Å². The SMILES string of the molecule is CC(C)(C)C(=O)C(=O)N1CCCCC1C(=S)OCCCCc1ccccc1. The topological polar surface area (TPSA) is 46.6 Å². The monoisotopic (exact) mass is 389 g/mol. The molecule has 1 fully saturated rings. The van der Waals surface area contributed by atoms with Crippen molar-refractivity contribution < 1.29 is 14.3 Å². The van der Waals surface area contributed by atoms with Gasteiger partial charge in [0.15, 0.2) is 5.05 Å². The van der Waals surface area contributed by atoms with Crippen LogP contribution >= 0.6 is 12.2 Å². The quantitative estimate of drug-likeness (QED) is 0.395. The second kappa shape index (κ2) is 9.98. The predicted octanol–water partition coefficient (Wildman–Crippen LogP) is 4.35. The number of hydrogen-bond donors (Lipinski definition) is 0. The third-order valence-corrected chi connectivity index (χ3v) is 5.25. The van der Waals surface area contributed by atoms with Crippen molar-refractivity contribution >= 4 is 29.0 Å². The molecular formula is C22H31NO3S. The molecule has 2 rings (SSSR count). The van der Waals surface area contributed by atoms with Crippen molar-refractivity contribution in [2.24, 2.45) is 5.41 Å². The second-order valence-corrected chi connectivity index (χ2v) is 8.60. The minimum atomic E-state index is -0.682. The molecular weight excluding hydrogens is 358 g/mol. The molecule has 5 heteroatoms. The van der Waals surface area contributed by atoms with E-state index in [0.29, 0.717) is 18.2 Å². The highest BCUT2D eigenvalue weighted by Gasteiger charge is 2.38. The molecule has 1 aromatic carbocycles. The highest BCUT2D eigenvalue weighted by Crippen LogP contribution is 2.23. The van der Waals surface area contributed by atoms with Gasteiger partial charge in [-0.3, -0.25) is 9.59 Å². The van der Waals surface area contributed by atoms with Crippen LogP contribution in [0, 0.1) is 5.41 Å². The van der Waals surface area contributed by atoms with Crippen LogP contribution in [-0.2, 0) is 20.7 Å². The fourth-order valence-corrected chi connectivity index (χ4v) is 3.54. The summed E-state index contributed by atoms with van der Waals surface area (Å²) in [5.74, 6) is -0.790. The van der Waals surface area contributed by atoms with Crippen LogP contribution in [0.2, 0.25) is 0 Å². The summed E-state index contributed by atoms with van der Waals surface area (Å²) in [6.45, 7) is 6.44. The molecule has 1 aromatic rings. The number of amides is 1. The molecule has 1 aliphatic heterocycles. The first-order valence-electron chi connectivity index (χ1n) is 9.86. The Balaban J connectivity index is 1.82. The number of unbranched alkanes of at least 4 members (excludes halogenated alkanes) is 1. The zero-order valence-electron chi connectivity index (χ0n) is 16.7. The van der Waals surface area contributed by atoms with Crippen molar-refractivity contribution in [3.05, 3.63) is 35.9 Å². The van der Waals surface area contributed by atoms with E-state index in [2.05, 4.69) is 24.3 Å². The highest BCUT2D eigenvalue weighted by atomic mass is 32.1. The van der Waals surface area contributed by atoms with Gasteiger partial charge in [0.05, 0.1) is 6.61 Å². The number of carbonyl (C=O) groups is 2. The normalized spacial score (nSPS) is 17.4. The maximum Gasteiger partial charge on any atom is 0.291 e. The molecule has 0 aromatic heterocycles. The zero-order chi connectivity index (χ0) is 19.9. The number of carbonyl (C=O) groups excluding carboxylic acids is 2. The van der Waals surface area contributed by atoms with Crippen LogP contribution in [0.15, 0.2) is 30.3 Å². The molecule has 0 radical (unpaired) electrons. The van der Waals surface area contributed by atoms with E-state index < -0.39 is 11.3 Å². The van der Waals surface area contributed by atoms with E-state index in [1.165, 1.54) is 5.56 Å². The van der Waals surface area contributed by atoms with Gasteiger partial charge in [-0.1, -0.05) is 51.1 Å². The van der Waals surface area contributed by atoms with Crippen LogP contribution in [0.25, 0.3) is 0 Å². The summed E-state index contributed by atoms with van der Waals surface area (Å²) >= 11 is 5.47. The first-order chi connectivity index (χ1) is 12.8. The summed E-state index contributed by atoms with van der Waals surface area (Å²) < 4.78 is 5.79. The molecule has 148 valence electrons. The molecule has 27 heavy (non-hydrogen) atoms. The molecule has 0 aliphatic carbocycles. The molecule has 1 saturated heterocycles. The lowest BCUT2D eigenvalue weighted by Crippen LogP contribution is -2.52. The summed E-state index contributed by atoms with van der Waals surface area (Å²) in [4.78, 5) is 26.7. The van der Waals surface area contributed by atoms with E-state index in [-0.39, 0.29) is 11.8 Å². The number of likely N-dealkylation sites (tertiary alicyclic amines) is 1. The summed E-state index contributed by atoms with van der Waals surface area (Å²) in [6.07, 6.45) is 5.63. The Kier molecular flexibility index (Phi) is 7.96. The molecule has 1 aliphatic rings. The highest BCUT2D eigenvalue weighted by molar-refractivity contribution is 7.80. The molecule has 0 spiro atoms. The Hall–Kier alpha value is -1.75. The third kappa shape index (κ3) is 6.42. The lowest BCUT2D eigenvalue weighted by molar-refractivity contribution is -0.150. The molecule has 4 nitrogen and oxygen atoms in total.